The van der Waals surface area contributed by atoms with E-state index in [1.54, 1.807) is 48.3 Å². The Balaban J connectivity index is 1.43. The van der Waals surface area contributed by atoms with Crippen molar-refractivity contribution in [1.82, 2.24) is 25.1 Å². The molecule has 1 aliphatic rings. The SMILES string of the molecule is CC(Oc1ccc2[nH]nc(-c3cnc(N4C=CC=NC=C4)nc3)c2c1)c1c(Cl)cncc1Cl. The Morgan fingerprint density at radius 2 is 1.82 bits per heavy atom. The first kappa shape index (κ1) is 21.1. The average Bonchev–Trinajstić information content (AvgIpc) is 3.04. The van der Waals surface area contributed by atoms with Crippen LogP contribution in [-0.4, -0.2) is 31.4 Å². The highest BCUT2D eigenvalue weighted by molar-refractivity contribution is 6.35. The van der Waals surface area contributed by atoms with E-state index >= 15 is 0 Å². The molecule has 0 saturated heterocycles. The first-order valence-corrected chi connectivity index (χ1v) is 10.8. The molecule has 1 aliphatic heterocycles. The molecule has 4 aromatic rings. The van der Waals surface area contributed by atoms with E-state index in [9.17, 15) is 0 Å². The predicted molar refractivity (Wildman–Crippen MR) is 130 cm³/mol. The quantitative estimate of drug-likeness (QED) is 0.394. The number of aromatic nitrogens is 5. The van der Waals surface area contributed by atoms with Crippen LogP contribution in [0.15, 0.2) is 72.7 Å². The van der Waals surface area contributed by atoms with Crippen LogP contribution in [0.25, 0.3) is 22.2 Å². The molecule has 0 amide bonds. The fraction of sp³-hybridized carbons (Fsp3) is 0.0870. The number of benzene rings is 1. The monoisotopic (exact) mass is 477 g/mol. The molecule has 0 saturated carbocycles. The van der Waals surface area contributed by atoms with Crippen LogP contribution in [-0.2, 0) is 0 Å². The number of nitrogens with zero attached hydrogens (tertiary/aromatic N) is 6. The molecule has 0 spiro atoms. The Kier molecular flexibility index (Phi) is 5.77. The predicted octanol–water partition coefficient (Wildman–Crippen LogP) is 5.74. The van der Waals surface area contributed by atoms with Gasteiger partial charge in [-0.05, 0) is 31.2 Å². The molecular formula is C23H17Cl2N7O. The Bertz CT molecular complexity index is 1360. The number of aromatic amines is 1. The van der Waals surface area contributed by atoms with Gasteiger partial charge in [0.1, 0.15) is 17.5 Å². The lowest BCUT2D eigenvalue weighted by Crippen LogP contribution is -2.10. The second kappa shape index (κ2) is 9.01. The van der Waals surface area contributed by atoms with E-state index < -0.39 is 0 Å². The second-order valence-corrected chi connectivity index (χ2v) is 7.99. The molecule has 0 fully saturated rings. The number of nitrogens with one attached hydrogen (secondary N) is 1. The Hall–Kier alpha value is -3.75. The smallest absolute Gasteiger partial charge is 0.233 e. The van der Waals surface area contributed by atoms with E-state index in [0.717, 1.165) is 22.2 Å². The lowest BCUT2D eigenvalue weighted by Gasteiger charge is -2.17. The van der Waals surface area contributed by atoms with Gasteiger partial charge in [-0.3, -0.25) is 20.0 Å². The molecule has 1 aromatic carbocycles. The lowest BCUT2D eigenvalue weighted by atomic mass is 10.1. The molecule has 1 atom stereocenters. The standard InChI is InChI=1S/C23H17Cl2N7O/c1-14(21-18(24)12-27-13-19(21)25)33-16-3-4-20-17(9-16)22(31-30-20)15-10-28-23(29-11-15)32-7-2-5-26-6-8-32/h2-14H,1H3,(H,30,31). The number of ether oxygens (including phenoxy) is 1. The molecule has 0 radical (unpaired) electrons. The van der Waals surface area contributed by atoms with Gasteiger partial charge in [0.15, 0.2) is 0 Å². The minimum Gasteiger partial charge on any atom is -0.486 e. The van der Waals surface area contributed by atoms with Crippen LogP contribution in [0.2, 0.25) is 10.0 Å². The minimum absolute atomic E-state index is 0.373. The molecule has 3 aromatic heterocycles. The maximum absolute atomic E-state index is 6.28. The van der Waals surface area contributed by atoms with Crippen LogP contribution in [0.3, 0.4) is 0 Å². The second-order valence-electron chi connectivity index (χ2n) is 7.17. The molecular weight excluding hydrogens is 461 g/mol. The van der Waals surface area contributed by atoms with Crippen LogP contribution in [0.5, 0.6) is 5.75 Å². The summed E-state index contributed by atoms with van der Waals surface area (Å²) in [6.45, 7) is 1.89. The first-order chi connectivity index (χ1) is 16.1. The van der Waals surface area contributed by atoms with Crippen molar-refractivity contribution in [3.8, 4) is 17.0 Å². The summed E-state index contributed by atoms with van der Waals surface area (Å²) in [5.41, 5.74) is 3.05. The molecule has 0 bridgehead atoms. The third kappa shape index (κ3) is 4.30. The molecule has 4 heterocycles. The number of H-pyrrole nitrogens is 1. The number of fused-ring (bicyclic) bond motifs is 1. The topological polar surface area (TPSA) is 92.2 Å². The number of halogens is 2. The molecule has 1 unspecified atom stereocenters. The van der Waals surface area contributed by atoms with Crippen molar-refractivity contribution in [3.63, 3.8) is 0 Å². The average molecular weight is 478 g/mol. The van der Waals surface area contributed by atoms with Crippen molar-refractivity contribution in [1.29, 1.82) is 0 Å². The number of hydrogen-bond donors (Lipinski definition) is 1. The van der Waals surface area contributed by atoms with Gasteiger partial charge in [-0.1, -0.05) is 23.2 Å². The molecule has 1 N–H and O–H groups in total. The van der Waals surface area contributed by atoms with E-state index in [4.69, 9.17) is 27.9 Å². The van der Waals surface area contributed by atoms with E-state index in [1.807, 2.05) is 37.4 Å². The third-order valence-electron chi connectivity index (χ3n) is 5.02. The Labute approximate surface area is 199 Å². The summed E-state index contributed by atoms with van der Waals surface area (Å²) < 4.78 is 6.14. The van der Waals surface area contributed by atoms with Gasteiger partial charge in [-0.15, -0.1) is 0 Å². The zero-order valence-electron chi connectivity index (χ0n) is 17.4. The normalized spacial score (nSPS) is 14.0. The number of allylic oxidation sites excluding steroid dienone is 1. The van der Waals surface area contributed by atoms with Crippen molar-refractivity contribution in [2.45, 2.75) is 13.0 Å². The van der Waals surface area contributed by atoms with Gasteiger partial charge in [-0.2, -0.15) is 5.10 Å². The summed E-state index contributed by atoms with van der Waals surface area (Å²) >= 11 is 12.6. The number of aliphatic imine (C=N–C) groups is 1. The summed E-state index contributed by atoms with van der Waals surface area (Å²) in [6, 6.07) is 5.69. The van der Waals surface area contributed by atoms with Crippen molar-refractivity contribution >= 4 is 46.3 Å². The molecule has 33 heavy (non-hydrogen) atoms. The first-order valence-electron chi connectivity index (χ1n) is 10.0. The van der Waals surface area contributed by atoms with Crippen molar-refractivity contribution < 1.29 is 4.74 Å². The number of hydrogen-bond acceptors (Lipinski definition) is 7. The van der Waals surface area contributed by atoms with E-state index in [1.165, 1.54) is 0 Å². The highest BCUT2D eigenvalue weighted by Crippen LogP contribution is 2.34. The van der Waals surface area contributed by atoms with Crippen LogP contribution in [0.1, 0.15) is 18.6 Å². The van der Waals surface area contributed by atoms with Crippen LogP contribution < -0.4 is 9.64 Å². The molecule has 164 valence electrons. The Morgan fingerprint density at radius 3 is 2.61 bits per heavy atom. The summed E-state index contributed by atoms with van der Waals surface area (Å²) in [6.07, 6.45) is 15.0. The fourth-order valence-electron chi connectivity index (χ4n) is 3.46. The third-order valence-corrected chi connectivity index (χ3v) is 5.62. The number of pyridine rings is 1. The van der Waals surface area contributed by atoms with Crippen LogP contribution >= 0.6 is 23.2 Å². The van der Waals surface area contributed by atoms with Crippen LogP contribution in [0.4, 0.5) is 5.95 Å². The van der Waals surface area contributed by atoms with E-state index in [-0.39, 0.29) is 6.10 Å². The largest absolute Gasteiger partial charge is 0.486 e. The lowest BCUT2D eigenvalue weighted by molar-refractivity contribution is 0.227. The maximum atomic E-state index is 6.28. The van der Waals surface area contributed by atoms with Gasteiger partial charge < -0.3 is 4.74 Å². The molecule has 5 rings (SSSR count). The van der Waals surface area contributed by atoms with E-state index in [0.29, 0.717) is 27.3 Å². The van der Waals surface area contributed by atoms with Gasteiger partial charge in [0, 0.05) is 66.1 Å². The zero-order valence-corrected chi connectivity index (χ0v) is 18.9. The fourth-order valence-corrected chi connectivity index (χ4v) is 4.13. The summed E-state index contributed by atoms with van der Waals surface area (Å²) in [5.74, 6) is 1.18. The highest BCUT2D eigenvalue weighted by Gasteiger charge is 2.17. The van der Waals surface area contributed by atoms with Crippen molar-refractivity contribution in [3.05, 3.63) is 83.3 Å². The molecule has 10 heteroatoms. The highest BCUT2D eigenvalue weighted by atomic mass is 35.5. The van der Waals surface area contributed by atoms with Gasteiger partial charge >= 0.3 is 0 Å². The van der Waals surface area contributed by atoms with Crippen molar-refractivity contribution in [2.24, 2.45) is 4.99 Å². The summed E-state index contributed by atoms with van der Waals surface area (Å²) in [4.78, 5) is 18.8. The van der Waals surface area contributed by atoms with Gasteiger partial charge in [0.05, 0.1) is 15.6 Å². The van der Waals surface area contributed by atoms with E-state index in [2.05, 4.69) is 30.1 Å². The number of anilines is 1. The summed E-state index contributed by atoms with van der Waals surface area (Å²) in [5, 5.41) is 9.29. The Morgan fingerprint density at radius 1 is 1.03 bits per heavy atom. The van der Waals surface area contributed by atoms with Crippen LogP contribution in [0, 0.1) is 0 Å². The van der Waals surface area contributed by atoms with Gasteiger partial charge in [0.2, 0.25) is 5.95 Å². The molecule has 0 aliphatic carbocycles. The zero-order chi connectivity index (χ0) is 22.8. The van der Waals surface area contributed by atoms with Gasteiger partial charge in [-0.25, -0.2) is 9.97 Å². The molecule has 8 nitrogen and oxygen atoms in total. The maximum Gasteiger partial charge on any atom is 0.233 e. The number of rotatable bonds is 5. The van der Waals surface area contributed by atoms with Crippen molar-refractivity contribution in [2.75, 3.05) is 4.90 Å². The summed E-state index contributed by atoms with van der Waals surface area (Å²) in [7, 11) is 0. The van der Waals surface area contributed by atoms with Gasteiger partial charge in [0.25, 0.3) is 0 Å². The minimum atomic E-state index is -0.373.